The van der Waals surface area contributed by atoms with Crippen molar-refractivity contribution in [1.29, 1.82) is 0 Å². The fraction of sp³-hybridized carbons (Fsp3) is 0.333. The molecule has 0 unspecified atom stereocenters. The quantitative estimate of drug-likeness (QED) is 0.899. The Balaban J connectivity index is 0.00000208. The number of amides is 1. The Morgan fingerprint density at radius 2 is 1.96 bits per heavy atom. The van der Waals surface area contributed by atoms with Crippen LogP contribution in [0.3, 0.4) is 0 Å². The zero-order chi connectivity index (χ0) is 15.9. The first-order chi connectivity index (χ1) is 11.3. The lowest BCUT2D eigenvalue weighted by Crippen LogP contribution is -2.46. The van der Waals surface area contributed by atoms with Gasteiger partial charge in [-0.3, -0.25) is 9.78 Å². The van der Waals surface area contributed by atoms with Crippen molar-refractivity contribution in [3.8, 4) is 5.75 Å². The normalized spacial score (nSPS) is 13.9. The molecular weight excluding hydrogens is 326 g/mol. The van der Waals surface area contributed by atoms with E-state index in [1.54, 1.807) is 12.4 Å². The van der Waals surface area contributed by atoms with Crippen LogP contribution in [0.25, 0.3) is 0 Å². The maximum Gasteiger partial charge on any atom is 0.227 e. The highest BCUT2D eigenvalue weighted by Gasteiger charge is 2.16. The lowest BCUT2D eigenvalue weighted by Gasteiger charge is -2.27. The van der Waals surface area contributed by atoms with Gasteiger partial charge in [-0.05, 0) is 23.8 Å². The molecule has 1 aliphatic heterocycles. The molecular formula is C18H22ClN3O2. The summed E-state index contributed by atoms with van der Waals surface area (Å²) in [5.74, 6) is 0.954. The van der Waals surface area contributed by atoms with Gasteiger partial charge in [-0.1, -0.05) is 18.2 Å². The molecule has 2 heterocycles. The van der Waals surface area contributed by atoms with Crippen LogP contribution in [0, 0.1) is 0 Å². The highest BCUT2D eigenvalue weighted by molar-refractivity contribution is 5.85. The summed E-state index contributed by atoms with van der Waals surface area (Å²) in [7, 11) is 0. The van der Waals surface area contributed by atoms with Gasteiger partial charge in [0.15, 0.2) is 0 Å². The smallest absolute Gasteiger partial charge is 0.227 e. The van der Waals surface area contributed by atoms with E-state index in [1.807, 2.05) is 41.3 Å². The summed E-state index contributed by atoms with van der Waals surface area (Å²) in [4.78, 5) is 18.3. The van der Waals surface area contributed by atoms with Crippen LogP contribution in [-0.4, -0.2) is 42.0 Å². The van der Waals surface area contributed by atoms with Gasteiger partial charge in [0.2, 0.25) is 5.91 Å². The van der Waals surface area contributed by atoms with E-state index in [4.69, 9.17) is 4.74 Å². The lowest BCUT2D eigenvalue weighted by molar-refractivity contribution is -0.131. The predicted molar refractivity (Wildman–Crippen MR) is 95.4 cm³/mol. The molecule has 1 aliphatic rings. The lowest BCUT2D eigenvalue weighted by atomic mass is 10.1. The minimum absolute atomic E-state index is 0. The standard InChI is InChI=1S/C18H21N3O2.ClH/c22-18(21-9-7-19-8-10-21)12-15-3-1-5-17(11-15)23-14-16-4-2-6-20-13-16;/h1-6,11,13,19H,7-10,12,14H2;1H. The summed E-state index contributed by atoms with van der Waals surface area (Å²) in [5.41, 5.74) is 2.01. The fourth-order valence-electron chi connectivity index (χ4n) is 2.60. The number of carbonyl (C=O) groups excluding carboxylic acids is 1. The first-order valence-corrected chi connectivity index (χ1v) is 7.90. The van der Waals surface area contributed by atoms with E-state index >= 15 is 0 Å². The molecule has 1 fully saturated rings. The average molecular weight is 348 g/mol. The van der Waals surface area contributed by atoms with Crippen LogP contribution in [0.1, 0.15) is 11.1 Å². The Bertz CT molecular complexity index is 646. The van der Waals surface area contributed by atoms with Crippen molar-refractivity contribution in [3.63, 3.8) is 0 Å². The number of aromatic nitrogens is 1. The highest BCUT2D eigenvalue weighted by Crippen LogP contribution is 2.16. The van der Waals surface area contributed by atoms with Gasteiger partial charge >= 0.3 is 0 Å². The number of hydrogen-bond acceptors (Lipinski definition) is 4. The van der Waals surface area contributed by atoms with Crippen molar-refractivity contribution in [2.45, 2.75) is 13.0 Å². The van der Waals surface area contributed by atoms with Gasteiger partial charge < -0.3 is 15.0 Å². The van der Waals surface area contributed by atoms with Crippen LogP contribution >= 0.6 is 12.4 Å². The average Bonchev–Trinajstić information content (AvgIpc) is 2.62. The van der Waals surface area contributed by atoms with Gasteiger partial charge in [0, 0.05) is 44.1 Å². The Kier molecular flexibility index (Phi) is 7.03. The number of piperazine rings is 1. The first-order valence-electron chi connectivity index (χ1n) is 7.90. The Labute approximate surface area is 148 Å². The van der Waals surface area contributed by atoms with E-state index in [0.717, 1.165) is 43.1 Å². The molecule has 0 bridgehead atoms. The number of nitrogens with one attached hydrogen (secondary N) is 1. The molecule has 1 aromatic heterocycles. The third kappa shape index (κ3) is 5.22. The van der Waals surface area contributed by atoms with Crippen LogP contribution in [0.2, 0.25) is 0 Å². The summed E-state index contributed by atoms with van der Waals surface area (Å²) in [6.45, 7) is 3.80. The molecule has 3 rings (SSSR count). The molecule has 24 heavy (non-hydrogen) atoms. The second kappa shape index (κ2) is 9.25. The number of carbonyl (C=O) groups is 1. The summed E-state index contributed by atoms with van der Waals surface area (Å²) in [5, 5.41) is 3.26. The van der Waals surface area contributed by atoms with Crippen molar-refractivity contribution in [1.82, 2.24) is 15.2 Å². The minimum atomic E-state index is 0. The SMILES string of the molecule is Cl.O=C(Cc1cccc(OCc2cccnc2)c1)N1CCNCC1. The van der Waals surface area contributed by atoms with Crippen molar-refractivity contribution < 1.29 is 9.53 Å². The minimum Gasteiger partial charge on any atom is -0.489 e. The van der Waals surface area contributed by atoms with E-state index in [-0.39, 0.29) is 18.3 Å². The molecule has 5 nitrogen and oxygen atoms in total. The Morgan fingerprint density at radius 3 is 2.71 bits per heavy atom. The summed E-state index contributed by atoms with van der Waals surface area (Å²) < 4.78 is 5.78. The summed E-state index contributed by atoms with van der Waals surface area (Å²) in [6, 6.07) is 11.6. The molecule has 0 atom stereocenters. The van der Waals surface area contributed by atoms with Crippen LogP contribution in [-0.2, 0) is 17.8 Å². The Morgan fingerprint density at radius 1 is 1.17 bits per heavy atom. The number of ether oxygens (including phenoxy) is 1. The van der Waals surface area contributed by atoms with Gasteiger partial charge in [-0.25, -0.2) is 0 Å². The fourth-order valence-corrected chi connectivity index (χ4v) is 2.60. The molecule has 0 saturated carbocycles. The van der Waals surface area contributed by atoms with Crippen molar-refractivity contribution in [3.05, 3.63) is 59.9 Å². The molecule has 1 N–H and O–H groups in total. The van der Waals surface area contributed by atoms with Crippen LogP contribution in [0.15, 0.2) is 48.8 Å². The van der Waals surface area contributed by atoms with Crippen LogP contribution < -0.4 is 10.1 Å². The summed E-state index contributed by atoms with van der Waals surface area (Å²) >= 11 is 0. The van der Waals surface area contributed by atoms with Crippen molar-refractivity contribution in [2.24, 2.45) is 0 Å². The second-order valence-electron chi connectivity index (χ2n) is 5.60. The number of pyridine rings is 1. The molecule has 0 spiro atoms. The van der Waals surface area contributed by atoms with Gasteiger partial charge in [0.1, 0.15) is 12.4 Å². The van der Waals surface area contributed by atoms with Gasteiger partial charge in [-0.2, -0.15) is 0 Å². The molecule has 128 valence electrons. The number of hydrogen-bond donors (Lipinski definition) is 1. The molecule has 6 heteroatoms. The zero-order valence-corrected chi connectivity index (χ0v) is 14.3. The largest absolute Gasteiger partial charge is 0.489 e. The topological polar surface area (TPSA) is 54.5 Å². The third-order valence-corrected chi connectivity index (χ3v) is 3.85. The van der Waals surface area contributed by atoms with E-state index in [2.05, 4.69) is 10.3 Å². The van der Waals surface area contributed by atoms with Gasteiger partial charge in [0.25, 0.3) is 0 Å². The number of rotatable bonds is 5. The summed E-state index contributed by atoms with van der Waals surface area (Å²) in [6.07, 6.45) is 3.95. The van der Waals surface area contributed by atoms with Crippen molar-refractivity contribution >= 4 is 18.3 Å². The van der Waals surface area contributed by atoms with E-state index in [9.17, 15) is 4.79 Å². The first kappa shape index (κ1) is 18.2. The van der Waals surface area contributed by atoms with E-state index in [1.165, 1.54) is 0 Å². The molecule has 2 aromatic rings. The molecule has 1 aromatic carbocycles. The van der Waals surface area contributed by atoms with E-state index in [0.29, 0.717) is 13.0 Å². The number of nitrogens with zero attached hydrogens (tertiary/aromatic N) is 2. The Hall–Kier alpha value is -2.11. The molecule has 0 radical (unpaired) electrons. The zero-order valence-electron chi connectivity index (χ0n) is 13.5. The number of benzene rings is 1. The van der Waals surface area contributed by atoms with Crippen LogP contribution in [0.4, 0.5) is 0 Å². The predicted octanol–water partition coefficient (Wildman–Crippen LogP) is 2.06. The monoisotopic (exact) mass is 347 g/mol. The maximum absolute atomic E-state index is 12.3. The van der Waals surface area contributed by atoms with Gasteiger partial charge in [-0.15, -0.1) is 12.4 Å². The number of halogens is 1. The highest BCUT2D eigenvalue weighted by atomic mass is 35.5. The molecule has 1 amide bonds. The van der Waals surface area contributed by atoms with Gasteiger partial charge in [0.05, 0.1) is 6.42 Å². The van der Waals surface area contributed by atoms with Crippen molar-refractivity contribution in [2.75, 3.05) is 26.2 Å². The molecule has 0 aliphatic carbocycles. The second-order valence-corrected chi connectivity index (χ2v) is 5.60. The third-order valence-electron chi connectivity index (χ3n) is 3.85. The van der Waals surface area contributed by atoms with E-state index < -0.39 is 0 Å². The van der Waals surface area contributed by atoms with Crippen LogP contribution in [0.5, 0.6) is 5.75 Å². The molecule has 1 saturated heterocycles. The maximum atomic E-state index is 12.3.